The van der Waals surface area contributed by atoms with E-state index in [9.17, 15) is 14.4 Å². The predicted molar refractivity (Wildman–Crippen MR) is 114 cm³/mol. The third kappa shape index (κ3) is 5.68. The maximum atomic E-state index is 12.3. The molecule has 0 radical (unpaired) electrons. The number of hydrogen-bond donors (Lipinski definition) is 2. The van der Waals surface area contributed by atoms with E-state index in [4.69, 9.17) is 0 Å². The van der Waals surface area contributed by atoms with Gasteiger partial charge in [0, 0.05) is 29.8 Å². The van der Waals surface area contributed by atoms with Crippen molar-refractivity contribution >= 4 is 46.1 Å². The Labute approximate surface area is 173 Å². The van der Waals surface area contributed by atoms with E-state index in [1.165, 1.54) is 29.7 Å². The van der Waals surface area contributed by atoms with Crippen molar-refractivity contribution in [3.63, 3.8) is 0 Å². The number of hydrogen-bond acceptors (Lipinski definition) is 5. The number of benzene rings is 1. The quantitative estimate of drug-likeness (QED) is 0.729. The van der Waals surface area contributed by atoms with Gasteiger partial charge in [-0.2, -0.15) is 0 Å². The number of rotatable bonds is 7. The Hall–Kier alpha value is -3.13. The molecule has 2 heterocycles. The summed E-state index contributed by atoms with van der Waals surface area (Å²) >= 11 is 1.29. The lowest BCUT2D eigenvalue weighted by atomic mass is 10.0. The lowest BCUT2D eigenvalue weighted by Crippen LogP contribution is -2.24. The highest BCUT2D eigenvalue weighted by Crippen LogP contribution is 2.24. The number of carbonyl (C=O) groups is 3. The molecule has 3 amide bonds. The molecule has 0 fully saturated rings. The maximum Gasteiger partial charge on any atom is 0.269 e. The van der Waals surface area contributed by atoms with Gasteiger partial charge in [0.15, 0.2) is 5.13 Å². The summed E-state index contributed by atoms with van der Waals surface area (Å²) in [6, 6.07) is 7.78. The van der Waals surface area contributed by atoms with Crippen LogP contribution in [0.1, 0.15) is 37.4 Å². The normalized spacial score (nSPS) is 15.6. The van der Waals surface area contributed by atoms with Crippen LogP contribution >= 0.6 is 11.3 Å². The van der Waals surface area contributed by atoms with Crippen LogP contribution in [-0.4, -0.2) is 28.9 Å². The highest BCUT2D eigenvalue weighted by atomic mass is 32.1. The first-order valence-electron chi connectivity index (χ1n) is 9.33. The van der Waals surface area contributed by atoms with Crippen LogP contribution in [0, 0.1) is 5.92 Å². The molecule has 29 heavy (non-hydrogen) atoms. The van der Waals surface area contributed by atoms with E-state index in [1.807, 2.05) is 29.6 Å². The number of amides is 3. The number of thiazole rings is 1. The Morgan fingerprint density at radius 1 is 1.21 bits per heavy atom. The van der Waals surface area contributed by atoms with Crippen molar-refractivity contribution in [1.29, 1.82) is 0 Å². The second kappa shape index (κ2) is 9.38. The summed E-state index contributed by atoms with van der Waals surface area (Å²) in [5, 5.41) is 7.95. The third-order valence-electron chi connectivity index (χ3n) is 4.36. The SMILES string of the molecule is CC(C)c1ccccc1NC(=O)CCc1csc(NC(=O)C2C=CC(=O)N=C2)n1. The maximum absolute atomic E-state index is 12.3. The average molecular weight is 410 g/mol. The van der Waals surface area contributed by atoms with Crippen molar-refractivity contribution in [2.45, 2.75) is 32.6 Å². The van der Waals surface area contributed by atoms with Crippen LogP contribution in [0.25, 0.3) is 0 Å². The van der Waals surface area contributed by atoms with Crippen LogP contribution in [0.2, 0.25) is 0 Å². The predicted octanol–water partition coefficient (Wildman–Crippen LogP) is 3.56. The Morgan fingerprint density at radius 2 is 2.00 bits per heavy atom. The molecular weight excluding hydrogens is 388 g/mol. The average Bonchev–Trinajstić information content (AvgIpc) is 3.14. The molecule has 0 saturated carbocycles. The van der Waals surface area contributed by atoms with Crippen molar-refractivity contribution in [3.05, 3.63) is 53.1 Å². The molecule has 1 aliphatic rings. The summed E-state index contributed by atoms with van der Waals surface area (Å²) in [4.78, 5) is 43.5. The van der Waals surface area contributed by atoms with Gasteiger partial charge in [-0.3, -0.25) is 14.4 Å². The number of aliphatic imine (C=N–C) groups is 1. The number of aromatic nitrogens is 1. The van der Waals surface area contributed by atoms with Crippen LogP contribution < -0.4 is 10.6 Å². The molecule has 7 nitrogen and oxygen atoms in total. The first-order valence-corrected chi connectivity index (χ1v) is 10.2. The molecule has 1 atom stereocenters. The number of dihydropyridines is 1. The van der Waals surface area contributed by atoms with Gasteiger partial charge in [0.2, 0.25) is 11.8 Å². The highest BCUT2D eigenvalue weighted by Gasteiger charge is 2.18. The summed E-state index contributed by atoms with van der Waals surface area (Å²) in [5.74, 6) is -1.03. The van der Waals surface area contributed by atoms with E-state index in [0.717, 1.165) is 16.9 Å². The molecule has 0 saturated heterocycles. The van der Waals surface area contributed by atoms with Crippen LogP contribution in [0.3, 0.4) is 0 Å². The number of carbonyl (C=O) groups excluding carboxylic acids is 3. The zero-order chi connectivity index (χ0) is 20.8. The molecule has 150 valence electrons. The Morgan fingerprint density at radius 3 is 2.72 bits per heavy atom. The van der Waals surface area contributed by atoms with Crippen LogP contribution in [0.4, 0.5) is 10.8 Å². The minimum atomic E-state index is -0.591. The zero-order valence-electron chi connectivity index (χ0n) is 16.2. The first kappa shape index (κ1) is 20.6. The summed E-state index contributed by atoms with van der Waals surface area (Å²) in [6.07, 6.45) is 4.85. The van der Waals surface area contributed by atoms with E-state index in [2.05, 4.69) is 34.5 Å². The molecule has 1 unspecified atom stereocenters. The number of aryl methyl sites for hydroxylation is 1. The zero-order valence-corrected chi connectivity index (χ0v) is 17.0. The van der Waals surface area contributed by atoms with Gasteiger partial charge in [0.25, 0.3) is 5.91 Å². The third-order valence-corrected chi connectivity index (χ3v) is 5.16. The molecule has 2 aromatic rings. The molecule has 0 bridgehead atoms. The minimum absolute atomic E-state index is 0.0788. The molecule has 1 aromatic carbocycles. The Balaban J connectivity index is 1.51. The molecule has 0 spiro atoms. The molecule has 8 heteroatoms. The molecule has 0 aliphatic carbocycles. The molecule has 2 N–H and O–H groups in total. The Kier molecular flexibility index (Phi) is 6.66. The number of nitrogens with one attached hydrogen (secondary N) is 2. The van der Waals surface area contributed by atoms with Crippen molar-refractivity contribution in [2.24, 2.45) is 10.9 Å². The van der Waals surface area contributed by atoms with Gasteiger partial charge in [-0.25, -0.2) is 9.98 Å². The van der Waals surface area contributed by atoms with Gasteiger partial charge in [-0.15, -0.1) is 11.3 Å². The molecule has 1 aliphatic heterocycles. The number of anilines is 2. The fraction of sp³-hybridized carbons (Fsp3) is 0.286. The van der Waals surface area contributed by atoms with Gasteiger partial charge in [-0.1, -0.05) is 38.1 Å². The summed E-state index contributed by atoms with van der Waals surface area (Å²) in [6.45, 7) is 4.17. The van der Waals surface area contributed by atoms with Gasteiger partial charge in [0.05, 0.1) is 11.6 Å². The molecule has 1 aromatic heterocycles. The second-order valence-electron chi connectivity index (χ2n) is 6.92. The van der Waals surface area contributed by atoms with Crippen molar-refractivity contribution < 1.29 is 14.4 Å². The largest absolute Gasteiger partial charge is 0.326 e. The smallest absolute Gasteiger partial charge is 0.269 e. The minimum Gasteiger partial charge on any atom is -0.326 e. The van der Waals surface area contributed by atoms with E-state index >= 15 is 0 Å². The standard InChI is InChI=1S/C21H22N4O3S/c1-13(2)16-5-3-4-6-17(16)24-19(27)10-8-15-12-29-21(23-15)25-20(28)14-7-9-18(26)22-11-14/h3-7,9,11-14H,8,10H2,1-2H3,(H,24,27)(H,23,25,28). The van der Waals surface area contributed by atoms with E-state index in [1.54, 1.807) is 0 Å². The molecule has 3 rings (SSSR count). The lowest BCUT2D eigenvalue weighted by molar-refractivity contribution is -0.117. The van der Waals surface area contributed by atoms with E-state index in [0.29, 0.717) is 23.9 Å². The summed E-state index contributed by atoms with van der Waals surface area (Å²) in [7, 11) is 0. The first-order chi connectivity index (χ1) is 13.9. The topological polar surface area (TPSA) is 101 Å². The number of nitrogens with zero attached hydrogens (tertiary/aromatic N) is 2. The van der Waals surface area contributed by atoms with Crippen LogP contribution in [0.15, 0.2) is 46.8 Å². The van der Waals surface area contributed by atoms with Crippen LogP contribution in [-0.2, 0) is 20.8 Å². The number of para-hydroxylation sites is 1. The van der Waals surface area contributed by atoms with Gasteiger partial charge >= 0.3 is 0 Å². The second-order valence-corrected chi connectivity index (χ2v) is 7.78. The lowest BCUT2D eigenvalue weighted by Gasteiger charge is -2.13. The van der Waals surface area contributed by atoms with Gasteiger partial charge < -0.3 is 10.6 Å². The summed E-state index contributed by atoms with van der Waals surface area (Å²) in [5.41, 5.74) is 2.67. The van der Waals surface area contributed by atoms with Gasteiger partial charge in [0.1, 0.15) is 0 Å². The van der Waals surface area contributed by atoms with Gasteiger partial charge in [-0.05, 0) is 24.0 Å². The van der Waals surface area contributed by atoms with Crippen molar-refractivity contribution in [2.75, 3.05) is 10.6 Å². The van der Waals surface area contributed by atoms with E-state index < -0.39 is 5.92 Å². The summed E-state index contributed by atoms with van der Waals surface area (Å²) < 4.78 is 0. The Bertz CT molecular complexity index is 962. The van der Waals surface area contributed by atoms with Crippen LogP contribution in [0.5, 0.6) is 0 Å². The fourth-order valence-corrected chi connectivity index (χ4v) is 3.57. The van der Waals surface area contributed by atoms with Crippen molar-refractivity contribution in [1.82, 2.24) is 4.98 Å². The fourth-order valence-electron chi connectivity index (χ4n) is 2.82. The monoisotopic (exact) mass is 410 g/mol. The molecular formula is C21H22N4O3S. The van der Waals surface area contributed by atoms with E-state index in [-0.39, 0.29) is 17.7 Å². The van der Waals surface area contributed by atoms with Crippen molar-refractivity contribution in [3.8, 4) is 0 Å². The highest BCUT2D eigenvalue weighted by molar-refractivity contribution is 7.13.